The molecule has 1 amide bonds. The number of hydrogen-bond donors (Lipinski definition) is 2. The Morgan fingerprint density at radius 2 is 1.85 bits per heavy atom. The first-order valence-corrected chi connectivity index (χ1v) is 10.5. The molecule has 0 aromatic heterocycles. The summed E-state index contributed by atoms with van der Waals surface area (Å²) in [5, 5.41) is 2.82. The van der Waals surface area contributed by atoms with E-state index in [0.29, 0.717) is 25.1 Å². The molecular weight excluding hydrogens is 364 g/mol. The van der Waals surface area contributed by atoms with Crippen LogP contribution in [0, 0.1) is 0 Å². The van der Waals surface area contributed by atoms with Gasteiger partial charge in [-0.1, -0.05) is 31.5 Å². The maximum Gasteiger partial charge on any atom is 0.251 e. The predicted octanol–water partition coefficient (Wildman–Crippen LogP) is 2.75. The lowest BCUT2D eigenvalue weighted by molar-refractivity contribution is 0.0954. The highest BCUT2D eigenvalue weighted by Gasteiger charge is 2.15. The number of carbonyl (C=O) groups is 1. The van der Waals surface area contributed by atoms with Gasteiger partial charge in [-0.15, -0.1) is 0 Å². The number of carbonyl (C=O) groups excluding carboxylic acids is 1. The summed E-state index contributed by atoms with van der Waals surface area (Å²) in [5.41, 5.74) is 1.37. The zero-order valence-corrected chi connectivity index (χ0v) is 16.5. The van der Waals surface area contributed by atoms with Crippen LogP contribution in [0.1, 0.15) is 35.7 Å². The minimum Gasteiger partial charge on any atom is -0.497 e. The quantitative estimate of drug-likeness (QED) is 0.611. The molecule has 0 radical (unpaired) electrons. The van der Waals surface area contributed by atoms with Crippen molar-refractivity contribution in [3.63, 3.8) is 0 Å². The van der Waals surface area contributed by atoms with Crippen molar-refractivity contribution in [3.8, 4) is 5.75 Å². The Morgan fingerprint density at radius 3 is 2.59 bits per heavy atom. The molecule has 2 aromatic rings. The largest absolute Gasteiger partial charge is 0.497 e. The van der Waals surface area contributed by atoms with Gasteiger partial charge in [0.25, 0.3) is 5.91 Å². The third-order valence-corrected chi connectivity index (χ3v) is 5.52. The van der Waals surface area contributed by atoms with E-state index in [2.05, 4.69) is 10.0 Å². The summed E-state index contributed by atoms with van der Waals surface area (Å²) in [4.78, 5) is 12.4. The van der Waals surface area contributed by atoms with Crippen LogP contribution in [-0.4, -0.2) is 34.5 Å². The van der Waals surface area contributed by atoms with Gasteiger partial charge in [0.1, 0.15) is 5.75 Å². The summed E-state index contributed by atoms with van der Waals surface area (Å²) in [6.07, 6.45) is 2.32. The van der Waals surface area contributed by atoms with Gasteiger partial charge < -0.3 is 10.1 Å². The molecule has 0 saturated heterocycles. The monoisotopic (exact) mass is 390 g/mol. The van der Waals surface area contributed by atoms with Gasteiger partial charge in [0, 0.05) is 18.7 Å². The van der Waals surface area contributed by atoms with Crippen LogP contribution < -0.4 is 14.8 Å². The molecule has 0 spiro atoms. The van der Waals surface area contributed by atoms with Crippen LogP contribution in [0.2, 0.25) is 0 Å². The van der Waals surface area contributed by atoms with Crippen molar-refractivity contribution in [3.05, 3.63) is 59.7 Å². The summed E-state index contributed by atoms with van der Waals surface area (Å²) in [5.74, 6) is 0.468. The van der Waals surface area contributed by atoms with E-state index in [4.69, 9.17) is 4.74 Å². The molecule has 0 atom stereocenters. The highest BCUT2D eigenvalue weighted by atomic mass is 32.2. The SMILES string of the molecule is CCCCNS(=O)(=O)c1cccc(C(=O)NCCc2cccc(OC)c2)c1. The van der Waals surface area contributed by atoms with Gasteiger partial charge in [-0.25, -0.2) is 13.1 Å². The number of rotatable bonds is 10. The van der Waals surface area contributed by atoms with E-state index in [0.717, 1.165) is 24.2 Å². The van der Waals surface area contributed by atoms with Crippen molar-refractivity contribution in [2.45, 2.75) is 31.1 Å². The molecule has 0 fully saturated rings. The second-order valence-corrected chi connectivity index (χ2v) is 7.90. The van der Waals surface area contributed by atoms with Gasteiger partial charge >= 0.3 is 0 Å². The van der Waals surface area contributed by atoms with Crippen molar-refractivity contribution in [1.29, 1.82) is 0 Å². The predicted molar refractivity (Wildman–Crippen MR) is 106 cm³/mol. The van der Waals surface area contributed by atoms with Crippen LogP contribution >= 0.6 is 0 Å². The first-order chi connectivity index (χ1) is 13.0. The molecule has 146 valence electrons. The third-order valence-electron chi connectivity index (χ3n) is 4.06. The normalized spacial score (nSPS) is 11.2. The Kier molecular flexibility index (Phi) is 7.82. The van der Waals surface area contributed by atoms with Crippen LogP contribution in [0.25, 0.3) is 0 Å². The maximum absolute atomic E-state index is 12.3. The van der Waals surface area contributed by atoms with Crippen LogP contribution in [0.5, 0.6) is 5.75 Å². The van der Waals surface area contributed by atoms with Crippen molar-refractivity contribution >= 4 is 15.9 Å². The Hall–Kier alpha value is -2.38. The Bertz CT molecular complexity index is 866. The molecule has 0 bridgehead atoms. The molecule has 0 aliphatic rings. The molecule has 2 rings (SSSR count). The van der Waals surface area contributed by atoms with E-state index in [1.807, 2.05) is 31.2 Å². The van der Waals surface area contributed by atoms with Crippen LogP contribution in [0.4, 0.5) is 0 Å². The highest BCUT2D eigenvalue weighted by Crippen LogP contribution is 2.13. The minimum atomic E-state index is -3.60. The zero-order chi connectivity index (χ0) is 19.7. The minimum absolute atomic E-state index is 0.0963. The lowest BCUT2D eigenvalue weighted by Crippen LogP contribution is -2.27. The Balaban J connectivity index is 1.96. The molecule has 0 saturated carbocycles. The first kappa shape index (κ1) is 20.9. The fourth-order valence-electron chi connectivity index (χ4n) is 2.52. The summed E-state index contributed by atoms with van der Waals surface area (Å²) in [6.45, 7) is 2.82. The Labute approximate surface area is 161 Å². The smallest absolute Gasteiger partial charge is 0.251 e. The van der Waals surface area contributed by atoms with Gasteiger partial charge in [-0.2, -0.15) is 0 Å². The molecule has 0 unspecified atom stereocenters. The summed E-state index contributed by atoms with van der Waals surface area (Å²) < 4.78 is 32.3. The number of ether oxygens (including phenoxy) is 1. The van der Waals surface area contributed by atoms with Crippen molar-refractivity contribution in [1.82, 2.24) is 10.0 Å². The van der Waals surface area contributed by atoms with E-state index in [1.165, 1.54) is 12.1 Å². The van der Waals surface area contributed by atoms with Crippen molar-refractivity contribution in [2.75, 3.05) is 20.2 Å². The molecule has 6 nitrogen and oxygen atoms in total. The summed E-state index contributed by atoms with van der Waals surface area (Å²) >= 11 is 0. The average Bonchev–Trinajstić information content (AvgIpc) is 2.68. The molecule has 7 heteroatoms. The van der Waals surface area contributed by atoms with Crippen LogP contribution in [0.3, 0.4) is 0 Å². The summed E-state index contributed by atoms with van der Waals surface area (Å²) in [6, 6.07) is 13.7. The van der Waals surface area contributed by atoms with Gasteiger partial charge in [0.05, 0.1) is 12.0 Å². The number of unbranched alkanes of at least 4 members (excludes halogenated alkanes) is 1. The lowest BCUT2D eigenvalue weighted by Gasteiger charge is -2.09. The zero-order valence-electron chi connectivity index (χ0n) is 15.7. The number of amides is 1. The number of sulfonamides is 1. The molecular formula is C20H26N2O4S. The van der Waals surface area contributed by atoms with Crippen LogP contribution in [-0.2, 0) is 16.4 Å². The molecule has 0 aliphatic heterocycles. The molecule has 0 heterocycles. The first-order valence-electron chi connectivity index (χ1n) is 8.97. The Morgan fingerprint density at radius 1 is 1.07 bits per heavy atom. The number of benzene rings is 2. The topological polar surface area (TPSA) is 84.5 Å². The maximum atomic E-state index is 12.3. The molecule has 2 N–H and O–H groups in total. The van der Waals surface area contributed by atoms with E-state index in [-0.39, 0.29) is 10.8 Å². The second-order valence-electron chi connectivity index (χ2n) is 6.14. The fourth-order valence-corrected chi connectivity index (χ4v) is 3.64. The highest BCUT2D eigenvalue weighted by molar-refractivity contribution is 7.89. The van der Waals surface area contributed by atoms with E-state index in [9.17, 15) is 13.2 Å². The fraction of sp³-hybridized carbons (Fsp3) is 0.350. The van der Waals surface area contributed by atoms with Gasteiger partial charge in [0.2, 0.25) is 10.0 Å². The number of methoxy groups -OCH3 is 1. The molecule has 27 heavy (non-hydrogen) atoms. The third kappa shape index (κ3) is 6.37. The van der Waals surface area contributed by atoms with E-state index < -0.39 is 10.0 Å². The number of nitrogens with one attached hydrogen (secondary N) is 2. The van der Waals surface area contributed by atoms with Crippen molar-refractivity contribution < 1.29 is 17.9 Å². The van der Waals surface area contributed by atoms with Crippen molar-refractivity contribution in [2.24, 2.45) is 0 Å². The van der Waals surface area contributed by atoms with Gasteiger partial charge in [-0.05, 0) is 48.7 Å². The molecule has 2 aromatic carbocycles. The second kappa shape index (κ2) is 10.1. The molecule has 0 aliphatic carbocycles. The van der Waals surface area contributed by atoms with Crippen LogP contribution in [0.15, 0.2) is 53.4 Å². The van der Waals surface area contributed by atoms with Gasteiger partial charge in [0.15, 0.2) is 0 Å². The summed E-state index contributed by atoms with van der Waals surface area (Å²) in [7, 11) is -1.99. The number of hydrogen-bond acceptors (Lipinski definition) is 4. The van der Waals surface area contributed by atoms with Gasteiger partial charge in [-0.3, -0.25) is 4.79 Å². The standard InChI is InChI=1S/C20H26N2O4S/c1-3-4-12-22-27(24,25)19-10-6-8-17(15-19)20(23)21-13-11-16-7-5-9-18(14-16)26-2/h5-10,14-15,22H,3-4,11-13H2,1-2H3,(H,21,23). The average molecular weight is 391 g/mol. The van der Waals surface area contributed by atoms with E-state index in [1.54, 1.807) is 19.2 Å². The lowest BCUT2D eigenvalue weighted by atomic mass is 10.1. The van der Waals surface area contributed by atoms with E-state index >= 15 is 0 Å².